The van der Waals surface area contributed by atoms with Gasteiger partial charge in [0.1, 0.15) is 0 Å². The van der Waals surface area contributed by atoms with E-state index in [-0.39, 0.29) is 12.3 Å². The van der Waals surface area contributed by atoms with Crippen LogP contribution in [0.1, 0.15) is 22.8 Å². The van der Waals surface area contributed by atoms with Gasteiger partial charge in [-0.05, 0) is 30.7 Å². The van der Waals surface area contributed by atoms with Crippen molar-refractivity contribution in [2.45, 2.75) is 25.6 Å². The predicted octanol–water partition coefficient (Wildman–Crippen LogP) is 2.36. The fraction of sp³-hybridized carbons (Fsp3) is 0.250. The third-order valence-corrected chi connectivity index (χ3v) is 4.27. The molecule has 26 heavy (non-hydrogen) atoms. The Morgan fingerprint density at radius 3 is 2.50 bits per heavy atom. The predicted molar refractivity (Wildman–Crippen MR) is 94.8 cm³/mol. The number of benzene rings is 2. The second-order valence-electron chi connectivity index (χ2n) is 6.07. The second kappa shape index (κ2) is 7.39. The summed E-state index contributed by atoms with van der Waals surface area (Å²) in [7, 11) is 1.61. The smallest absolute Gasteiger partial charge is 0.348 e. The minimum atomic E-state index is -1.05. The lowest BCUT2D eigenvalue weighted by Gasteiger charge is -2.26. The van der Waals surface area contributed by atoms with E-state index in [1.807, 2.05) is 18.2 Å². The molecule has 0 unspecified atom stereocenters. The van der Waals surface area contributed by atoms with Crippen LogP contribution in [-0.2, 0) is 25.5 Å². The summed E-state index contributed by atoms with van der Waals surface area (Å²) >= 11 is 0. The maximum absolute atomic E-state index is 12.5. The van der Waals surface area contributed by atoms with E-state index >= 15 is 0 Å². The van der Waals surface area contributed by atoms with E-state index in [9.17, 15) is 14.4 Å². The zero-order valence-corrected chi connectivity index (χ0v) is 14.5. The Balaban J connectivity index is 1.65. The van der Waals surface area contributed by atoms with Crippen molar-refractivity contribution in [2.75, 3.05) is 11.9 Å². The lowest BCUT2D eigenvalue weighted by atomic mass is 9.99. The molecule has 6 heteroatoms. The summed E-state index contributed by atoms with van der Waals surface area (Å²) < 4.78 is 10.4. The monoisotopic (exact) mass is 353 g/mol. The molecule has 0 fully saturated rings. The van der Waals surface area contributed by atoms with Crippen LogP contribution in [0.3, 0.4) is 0 Å². The number of para-hydroxylation sites is 1. The van der Waals surface area contributed by atoms with E-state index in [0.29, 0.717) is 11.3 Å². The standard InChI is InChI=1S/C20H19NO5/c1-13(18(22)21(2)15-9-4-3-5-10-15)25-20(24)17-12-14-8-6-7-11-16(14)19(23)26-17/h3-11,13,17H,12H2,1-2H3/t13-,17-/m1/s1. The van der Waals surface area contributed by atoms with Gasteiger partial charge in [0.25, 0.3) is 5.91 Å². The van der Waals surface area contributed by atoms with E-state index in [2.05, 4.69) is 0 Å². The van der Waals surface area contributed by atoms with Crippen molar-refractivity contribution in [3.8, 4) is 0 Å². The number of anilines is 1. The molecule has 0 N–H and O–H groups in total. The molecule has 0 bridgehead atoms. The van der Waals surface area contributed by atoms with Gasteiger partial charge >= 0.3 is 11.9 Å². The first-order chi connectivity index (χ1) is 12.5. The van der Waals surface area contributed by atoms with Crippen LogP contribution in [0.4, 0.5) is 5.69 Å². The topological polar surface area (TPSA) is 72.9 Å². The van der Waals surface area contributed by atoms with Crippen molar-refractivity contribution < 1.29 is 23.9 Å². The fourth-order valence-electron chi connectivity index (χ4n) is 2.82. The van der Waals surface area contributed by atoms with E-state index in [4.69, 9.17) is 9.47 Å². The molecule has 1 aliphatic heterocycles. The highest BCUT2D eigenvalue weighted by Crippen LogP contribution is 2.22. The molecule has 134 valence electrons. The summed E-state index contributed by atoms with van der Waals surface area (Å²) in [5.41, 5.74) is 1.87. The number of esters is 2. The molecular weight excluding hydrogens is 334 g/mol. The van der Waals surface area contributed by atoms with Gasteiger partial charge in [-0.25, -0.2) is 9.59 Å². The average Bonchev–Trinajstić information content (AvgIpc) is 2.67. The maximum atomic E-state index is 12.5. The zero-order chi connectivity index (χ0) is 18.7. The number of ether oxygens (including phenoxy) is 2. The molecule has 0 aliphatic carbocycles. The van der Waals surface area contributed by atoms with Crippen LogP contribution in [0.15, 0.2) is 54.6 Å². The number of hydrogen-bond acceptors (Lipinski definition) is 5. The highest BCUT2D eigenvalue weighted by Gasteiger charge is 2.34. The van der Waals surface area contributed by atoms with E-state index in [0.717, 1.165) is 5.56 Å². The Morgan fingerprint density at radius 2 is 1.77 bits per heavy atom. The van der Waals surface area contributed by atoms with Gasteiger partial charge in [0.2, 0.25) is 6.10 Å². The van der Waals surface area contributed by atoms with E-state index in [1.165, 1.54) is 11.8 Å². The SMILES string of the molecule is C[C@@H](OC(=O)[C@H]1Cc2ccccc2C(=O)O1)C(=O)N(C)c1ccccc1. The summed E-state index contributed by atoms with van der Waals surface area (Å²) in [6.07, 6.45) is -1.81. The maximum Gasteiger partial charge on any atom is 0.348 e. The number of carbonyl (C=O) groups excluding carboxylic acids is 3. The third kappa shape index (κ3) is 3.59. The van der Waals surface area contributed by atoms with E-state index in [1.54, 1.807) is 43.4 Å². The lowest BCUT2D eigenvalue weighted by Crippen LogP contribution is -2.42. The van der Waals surface area contributed by atoms with E-state index < -0.39 is 24.1 Å². The summed E-state index contributed by atoms with van der Waals surface area (Å²) in [4.78, 5) is 38.2. The normalized spacial score (nSPS) is 16.8. The molecule has 6 nitrogen and oxygen atoms in total. The Labute approximate surface area is 151 Å². The summed E-state index contributed by atoms with van der Waals surface area (Å²) in [6, 6.07) is 16.0. The number of fused-ring (bicyclic) bond motifs is 1. The molecule has 3 rings (SSSR count). The molecule has 2 aromatic carbocycles. The average molecular weight is 353 g/mol. The number of carbonyl (C=O) groups is 3. The van der Waals surface area contributed by atoms with Crippen LogP contribution in [0.25, 0.3) is 0 Å². The van der Waals surface area contributed by atoms with Crippen molar-refractivity contribution in [3.05, 3.63) is 65.7 Å². The molecule has 1 heterocycles. The van der Waals surface area contributed by atoms with Crippen molar-refractivity contribution in [1.29, 1.82) is 0 Å². The Morgan fingerprint density at radius 1 is 1.12 bits per heavy atom. The van der Waals surface area contributed by atoms with Crippen LogP contribution >= 0.6 is 0 Å². The summed E-state index contributed by atoms with van der Waals surface area (Å²) in [5, 5.41) is 0. The number of likely N-dealkylation sites (N-methyl/N-ethyl adjacent to an activating group) is 1. The van der Waals surface area contributed by atoms with Crippen LogP contribution in [0.5, 0.6) is 0 Å². The number of amides is 1. The quantitative estimate of drug-likeness (QED) is 0.789. The number of hydrogen-bond donors (Lipinski definition) is 0. The zero-order valence-electron chi connectivity index (χ0n) is 14.5. The van der Waals surface area contributed by atoms with Crippen LogP contribution < -0.4 is 4.90 Å². The second-order valence-corrected chi connectivity index (χ2v) is 6.07. The minimum absolute atomic E-state index is 0.232. The largest absolute Gasteiger partial charge is 0.450 e. The first kappa shape index (κ1) is 17.7. The van der Waals surface area contributed by atoms with Gasteiger partial charge in [0.05, 0.1) is 5.56 Å². The van der Waals surface area contributed by atoms with Crippen molar-refractivity contribution in [2.24, 2.45) is 0 Å². The first-order valence-electron chi connectivity index (χ1n) is 8.29. The summed E-state index contributed by atoms with van der Waals surface area (Å²) in [6.45, 7) is 1.50. The Bertz CT molecular complexity index is 833. The Kier molecular flexibility index (Phi) is 5.02. The van der Waals surface area contributed by atoms with Crippen LogP contribution in [0, 0.1) is 0 Å². The van der Waals surface area contributed by atoms with Crippen molar-refractivity contribution in [3.63, 3.8) is 0 Å². The lowest BCUT2D eigenvalue weighted by molar-refractivity contribution is -0.162. The molecule has 1 aliphatic rings. The molecule has 0 saturated carbocycles. The molecule has 1 amide bonds. The van der Waals surface area contributed by atoms with Crippen LogP contribution in [-0.4, -0.2) is 37.1 Å². The first-order valence-corrected chi connectivity index (χ1v) is 8.29. The van der Waals surface area contributed by atoms with Crippen LogP contribution in [0.2, 0.25) is 0 Å². The third-order valence-electron chi connectivity index (χ3n) is 4.27. The van der Waals surface area contributed by atoms with Gasteiger partial charge in [-0.2, -0.15) is 0 Å². The molecule has 0 spiro atoms. The minimum Gasteiger partial charge on any atom is -0.450 e. The van der Waals surface area contributed by atoms with Gasteiger partial charge in [-0.3, -0.25) is 4.79 Å². The molecule has 0 saturated heterocycles. The highest BCUT2D eigenvalue weighted by atomic mass is 16.6. The van der Waals surface area contributed by atoms with Crippen molar-refractivity contribution >= 4 is 23.5 Å². The Hall–Kier alpha value is -3.15. The van der Waals surface area contributed by atoms with Gasteiger partial charge in [-0.15, -0.1) is 0 Å². The molecule has 2 atom stereocenters. The highest BCUT2D eigenvalue weighted by molar-refractivity contribution is 5.98. The molecule has 0 radical (unpaired) electrons. The van der Waals surface area contributed by atoms with Gasteiger partial charge in [0, 0.05) is 19.2 Å². The summed E-state index contributed by atoms with van der Waals surface area (Å²) in [5.74, 6) is -1.66. The molecular formula is C20H19NO5. The van der Waals surface area contributed by atoms with Crippen molar-refractivity contribution in [1.82, 2.24) is 0 Å². The molecule has 2 aromatic rings. The number of rotatable bonds is 4. The number of nitrogens with zero attached hydrogens (tertiary/aromatic N) is 1. The van der Waals surface area contributed by atoms with Gasteiger partial charge in [-0.1, -0.05) is 36.4 Å². The van der Waals surface area contributed by atoms with Gasteiger partial charge in [0.15, 0.2) is 6.10 Å². The number of cyclic esters (lactones) is 1. The van der Waals surface area contributed by atoms with Gasteiger partial charge < -0.3 is 14.4 Å². The fourth-order valence-corrected chi connectivity index (χ4v) is 2.82. The molecule has 0 aromatic heterocycles.